The molecule has 0 aliphatic carbocycles. The van der Waals surface area contributed by atoms with Crippen molar-refractivity contribution < 1.29 is 19.0 Å². The van der Waals surface area contributed by atoms with Crippen LogP contribution in [-0.4, -0.2) is 43.9 Å². The summed E-state index contributed by atoms with van der Waals surface area (Å²) in [6, 6.07) is 1.80. The maximum Gasteiger partial charge on any atom is 0.256 e. The van der Waals surface area contributed by atoms with Crippen molar-refractivity contribution in [3.8, 4) is 5.88 Å². The normalized spacial score (nSPS) is 11.2. The fourth-order valence-corrected chi connectivity index (χ4v) is 1.38. The Kier molecular flexibility index (Phi) is 5.91. The molecule has 6 nitrogen and oxygen atoms in total. The van der Waals surface area contributed by atoms with Gasteiger partial charge in [-0.05, 0) is 26.8 Å². The molecule has 0 atom stereocenters. The highest BCUT2D eigenvalue weighted by Crippen LogP contribution is 2.20. The van der Waals surface area contributed by atoms with Crippen molar-refractivity contribution in [2.45, 2.75) is 26.4 Å². The van der Waals surface area contributed by atoms with Crippen LogP contribution < -0.4 is 10.1 Å². The van der Waals surface area contributed by atoms with E-state index >= 15 is 0 Å². The number of nitrogens with one attached hydrogen (secondary N) is 1. The van der Waals surface area contributed by atoms with Gasteiger partial charge in [0.05, 0.1) is 18.5 Å². The number of anilines is 1. The number of methoxy groups -OCH3 is 2. The van der Waals surface area contributed by atoms with Gasteiger partial charge in [-0.15, -0.1) is 0 Å². The summed E-state index contributed by atoms with van der Waals surface area (Å²) in [7, 11) is 3.11. The zero-order valence-corrected chi connectivity index (χ0v) is 12.6. The fraction of sp³-hybridized carbons (Fsp3) is 0.571. The minimum atomic E-state index is -0.887. The second-order valence-corrected chi connectivity index (χ2v) is 4.86. The highest BCUT2D eigenvalue weighted by atomic mass is 16.5. The largest absolute Gasteiger partial charge is 0.475 e. The second-order valence-electron chi connectivity index (χ2n) is 4.86. The van der Waals surface area contributed by atoms with Crippen molar-refractivity contribution >= 4 is 11.6 Å². The van der Waals surface area contributed by atoms with Crippen molar-refractivity contribution in [1.29, 1.82) is 0 Å². The summed E-state index contributed by atoms with van der Waals surface area (Å²) in [4.78, 5) is 16.1. The third-order valence-electron chi connectivity index (χ3n) is 2.87. The number of amides is 1. The molecule has 0 aliphatic heterocycles. The van der Waals surface area contributed by atoms with Crippen LogP contribution in [0, 0.1) is 6.92 Å². The molecule has 0 radical (unpaired) electrons. The number of aromatic nitrogens is 1. The molecule has 0 aromatic carbocycles. The molecule has 1 amide bonds. The topological polar surface area (TPSA) is 69.7 Å². The van der Waals surface area contributed by atoms with Crippen LogP contribution in [-0.2, 0) is 14.3 Å². The Morgan fingerprint density at radius 3 is 2.60 bits per heavy atom. The van der Waals surface area contributed by atoms with Gasteiger partial charge in [-0.1, -0.05) is 0 Å². The average Bonchev–Trinajstić information content (AvgIpc) is 2.41. The van der Waals surface area contributed by atoms with E-state index in [0.29, 0.717) is 24.8 Å². The number of hydrogen-bond donors (Lipinski definition) is 1. The molecule has 112 valence electrons. The molecular formula is C14H22N2O4. The lowest BCUT2D eigenvalue weighted by molar-refractivity contribution is -0.133. The zero-order valence-electron chi connectivity index (χ0n) is 12.6. The van der Waals surface area contributed by atoms with Crippen molar-refractivity contribution in [3.05, 3.63) is 17.8 Å². The molecular weight excluding hydrogens is 260 g/mol. The fourth-order valence-electron chi connectivity index (χ4n) is 1.38. The summed E-state index contributed by atoms with van der Waals surface area (Å²) >= 11 is 0. The molecule has 1 heterocycles. The van der Waals surface area contributed by atoms with Gasteiger partial charge in [0.15, 0.2) is 0 Å². The molecule has 1 rings (SSSR count). The number of ether oxygens (including phenoxy) is 3. The standard InChI is InChI=1S/C14H22N2O4/c1-10-8-11(16-13(17)14(2,3)19-5)9-15-12(10)20-7-6-18-4/h8-9H,6-7H2,1-5H3,(H,16,17). The Balaban J connectivity index is 2.70. The summed E-state index contributed by atoms with van der Waals surface area (Å²) in [5, 5.41) is 2.76. The van der Waals surface area contributed by atoms with Crippen LogP contribution in [0.3, 0.4) is 0 Å². The van der Waals surface area contributed by atoms with E-state index in [0.717, 1.165) is 5.56 Å². The van der Waals surface area contributed by atoms with E-state index in [2.05, 4.69) is 10.3 Å². The minimum absolute atomic E-state index is 0.228. The number of aryl methyl sites for hydroxylation is 1. The number of carbonyl (C=O) groups is 1. The molecule has 1 aromatic rings. The van der Waals surface area contributed by atoms with E-state index in [-0.39, 0.29) is 5.91 Å². The van der Waals surface area contributed by atoms with Gasteiger partial charge in [0.25, 0.3) is 5.91 Å². The van der Waals surface area contributed by atoms with Crippen LogP contribution in [0.25, 0.3) is 0 Å². The summed E-state index contributed by atoms with van der Waals surface area (Å²) in [6.07, 6.45) is 1.55. The third kappa shape index (κ3) is 4.47. The van der Waals surface area contributed by atoms with Crippen LogP contribution in [0.5, 0.6) is 5.88 Å². The smallest absolute Gasteiger partial charge is 0.256 e. The lowest BCUT2D eigenvalue weighted by Crippen LogP contribution is -2.38. The van der Waals surface area contributed by atoms with Gasteiger partial charge in [-0.2, -0.15) is 0 Å². The molecule has 0 spiro atoms. The van der Waals surface area contributed by atoms with Gasteiger partial charge >= 0.3 is 0 Å². The molecule has 1 N–H and O–H groups in total. The van der Waals surface area contributed by atoms with Gasteiger partial charge < -0.3 is 19.5 Å². The van der Waals surface area contributed by atoms with E-state index in [1.54, 1.807) is 33.2 Å². The van der Waals surface area contributed by atoms with Crippen LogP contribution in [0.4, 0.5) is 5.69 Å². The Labute approximate surface area is 119 Å². The summed E-state index contributed by atoms with van der Waals surface area (Å²) in [5.41, 5.74) is 0.562. The number of hydrogen-bond acceptors (Lipinski definition) is 5. The molecule has 0 fully saturated rings. The highest BCUT2D eigenvalue weighted by Gasteiger charge is 2.27. The van der Waals surface area contributed by atoms with E-state index < -0.39 is 5.60 Å². The Morgan fingerprint density at radius 1 is 1.35 bits per heavy atom. The van der Waals surface area contributed by atoms with Gasteiger partial charge in [0.2, 0.25) is 5.88 Å². The van der Waals surface area contributed by atoms with Gasteiger partial charge in [-0.25, -0.2) is 4.98 Å². The third-order valence-corrected chi connectivity index (χ3v) is 2.87. The lowest BCUT2D eigenvalue weighted by Gasteiger charge is -2.21. The first-order chi connectivity index (χ1) is 9.40. The quantitative estimate of drug-likeness (QED) is 0.772. The SMILES string of the molecule is COCCOc1ncc(NC(=O)C(C)(C)OC)cc1C. The highest BCUT2D eigenvalue weighted by molar-refractivity contribution is 5.96. The summed E-state index contributed by atoms with van der Waals surface area (Å²) in [5.74, 6) is 0.306. The first-order valence-corrected chi connectivity index (χ1v) is 6.35. The van der Waals surface area contributed by atoms with Crippen molar-refractivity contribution in [1.82, 2.24) is 4.98 Å². The number of pyridine rings is 1. The number of nitrogens with zero attached hydrogens (tertiary/aromatic N) is 1. The van der Waals surface area contributed by atoms with Crippen molar-refractivity contribution in [2.24, 2.45) is 0 Å². The summed E-state index contributed by atoms with van der Waals surface area (Å²) < 4.78 is 15.5. The number of rotatable bonds is 7. The first-order valence-electron chi connectivity index (χ1n) is 6.35. The van der Waals surface area contributed by atoms with Crippen molar-refractivity contribution in [3.63, 3.8) is 0 Å². The minimum Gasteiger partial charge on any atom is -0.475 e. The van der Waals surface area contributed by atoms with E-state index in [4.69, 9.17) is 14.2 Å². The monoisotopic (exact) mass is 282 g/mol. The Morgan fingerprint density at radius 2 is 2.05 bits per heavy atom. The molecule has 6 heteroatoms. The van der Waals surface area contributed by atoms with Gasteiger partial charge in [-0.3, -0.25) is 4.79 Å². The summed E-state index contributed by atoms with van der Waals surface area (Å²) in [6.45, 7) is 6.20. The van der Waals surface area contributed by atoms with E-state index in [9.17, 15) is 4.79 Å². The zero-order chi connectivity index (χ0) is 15.2. The molecule has 20 heavy (non-hydrogen) atoms. The predicted octanol–water partition coefficient (Wildman–Crippen LogP) is 1.78. The molecule has 0 bridgehead atoms. The maximum atomic E-state index is 12.0. The van der Waals surface area contributed by atoms with E-state index in [1.807, 2.05) is 6.92 Å². The second kappa shape index (κ2) is 7.21. The molecule has 0 aliphatic rings. The Bertz CT molecular complexity index is 460. The molecule has 0 saturated carbocycles. The van der Waals surface area contributed by atoms with Gasteiger partial charge in [0, 0.05) is 19.8 Å². The van der Waals surface area contributed by atoms with Crippen LogP contribution >= 0.6 is 0 Å². The molecule has 1 aromatic heterocycles. The average molecular weight is 282 g/mol. The van der Waals surface area contributed by atoms with Gasteiger partial charge in [0.1, 0.15) is 12.2 Å². The Hall–Kier alpha value is -1.66. The predicted molar refractivity (Wildman–Crippen MR) is 76.1 cm³/mol. The van der Waals surface area contributed by atoms with E-state index in [1.165, 1.54) is 7.11 Å². The van der Waals surface area contributed by atoms with Crippen LogP contribution in [0.2, 0.25) is 0 Å². The van der Waals surface area contributed by atoms with Crippen molar-refractivity contribution in [2.75, 3.05) is 32.8 Å². The maximum absolute atomic E-state index is 12.0. The molecule has 0 saturated heterocycles. The molecule has 0 unspecified atom stereocenters. The van der Waals surface area contributed by atoms with Crippen LogP contribution in [0.15, 0.2) is 12.3 Å². The number of carbonyl (C=O) groups excluding carboxylic acids is 1. The first kappa shape index (κ1) is 16.4. The van der Waals surface area contributed by atoms with Crippen LogP contribution in [0.1, 0.15) is 19.4 Å². The lowest BCUT2D eigenvalue weighted by atomic mass is 10.1.